The molecule has 1 atom stereocenters. The predicted molar refractivity (Wildman–Crippen MR) is 104 cm³/mol. The van der Waals surface area contributed by atoms with Crippen LogP contribution in [0, 0.1) is 0 Å². The number of hydrogen-bond donors (Lipinski definition) is 1. The van der Waals surface area contributed by atoms with Crippen LogP contribution < -0.4 is 5.32 Å². The Bertz CT molecular complexity index is 968. The molecule has 0 spiro atoms. The van der Waals surface area contributed by atoms with Gasteiger partial charge in [-0.15, -0.1) is 10.2 Å². The average molecular weight is 380 g/mol. The second-order valence-electron chi connectivity index (χ2n) is 6.64. The minimum atomic E-state index is -0.240. The molecule has 3 aromatic heterocycles. The number of rotatable bonds is 6. The van der Waals surface area contributed by atoms with Gasteiger partial charge in [0.15, 0.2) is 5.16 Å². The van der Waals surface area contributed by atoms with Crippen LogP contribution in [0.25, 0.3) is 0 Å². The molecule has 1 aliphatic rings. The van der Waals surface area contributed by atoms with Crippen LogP contribution in [-0.4, -0.2) is 30.6 Å². The third-order valence-electron chi connectivity index (χ3n) is 4.45. The smallest absolute Gasteiger partial charge is 0.275 e. The molecule has 0 unspecified atom stereocenters. The molecule has 0 aromatic carbocycles. The van der Waals surface area contributed by atoms with Crippen LogP contribution in [0.15, 0.2) is 48.0 Å². The Morgan fingerprint density at radius 3 is 2.93 bits per heavy atom. The zero-order valence-corrected chi connectivity index (χ0v) is 16.0. The molecular formula is C19H20N6OS. The third kappa shape index (κ3) is 4.16. The topological polar surface area (TPSA) is 85.6 Å². The number of nitrogens with one attached hydrogen (secondary N) is 1. The van der Waals surface area contributed by atoms with Gasteiger partial charge in [-0.2, -0.15) is 0 Å². The quantitative estimate of drug-likeness (QED) is 0.658. The molecule has 7 nitrogen and oxygen atoms in total. The standard InChI is InChI=1S/C19H20N6OS/c1-12(27-19-24-21-11-25(19)2)14-8-9-20-17(10-14)23-18(26)16-5-3-4-15(22-16)13-6-7-13/h3-5,8-13H,6-7H2,1-2H3,(H,20,23,26)/t12-/m0/s1. The summed E-state index contributed by atoms with van der Waals surface area (Å²) < 4.78 is 1.88. The Kier molecular flexibility index (Phi) is 4.89. The van der Waals surface area contributed by atoms with E-state index in [2.05, 4.69) is 32.4 Å². The van der Waals surface area contributed by atoms with Gasteiger partial charge in [-0.05, 0) is 49.6 Å². The number of hydrogen-bond acceptors (Lipinski definition) is 6. The SMILES string of the molecule is C[C@H](Sc1nncn1C)c1ccnc(NC(=O)c2cccc(C3CC3)n2)c1. The monoisotopic (exact) mass is 380 g/mol. The number of pyridine rings is 2. The highest BCUT2D eigenvalue weighted by Gasteiger charge is 2.25. The Balaban J connectivity index is 1.46. The van der Waals surface area contributed by atoms with Gasteiger partial charge in [0, 0.05) is 30.1 Å². The first-order valence-electron chi connectivity index (χ1n) is 8.85. The molecule has 0 radical (unpaired) electrons. The van der Waals surface area contributed by atoms with E-state index in [1.54, 1.807) is 30.4 Å². The van der Waals surface area contributed by atoms with Crippen molar-refractivity contribution in [3.05, 3.63) is 59.8 Å². The fraction of sp³-hybridized carbons (Fsp3) is 0.316. The second kappa shape index (κ2) is 7.48. The third-order valence-corrected chi connectivity index (χ3v) is 5.65. The number of nitrogens with zero attached hydrogens (tertiary/aromatic N) is 5. The lowest BCUT2D eigenvalue weighted by molar-refractivity contribution is 0.102. The van der Waals surface area contributed by atoms with Crippen molar-refractivity contribution in [2.45, 2.75) is 36.1 Å². The summed E-state index contributed by atoms with van der Waals surface area (Å²) in [4.78, 5) is 21.3. The van der Waals surface area contributed by atoms with E-state index in [9.17, 15) is 4.79 Å². The fourth-order valence-corrected chi connectivity index (χ4v) is 3.64. The lowest BCUT2D eigenvalue weighted by Crippen LogP contribution is -2.15. The molecule has 4 rings (SSSR count). The molecule has 0 bridgehead atoms. The number of aryl methyl sites for hydroxylation is 1. The van der Waals surface area contributed by atoms with Crippen molar-refractivity contribution < 1.29 is 4.79 Å². The molecular weight excluding hydrogens is 360 g/mol. The van der Waals surface area contributed by atoms with E-state index in [1.807, 2.05) is 35.9 Å². The first-order chi connectivity index (χ1) is 13.1. The van der Waals surface area contributed by atoms with E-state index in [0.717, 1.165) is 29.3 Å². The Hall–Kier alpha value is -2.74. The minimum absolute atomic E-state index is 0.142. The molecule has 27 heavy (non-hydrogen) atoms. The molecule has 1 saturated carbocycles. The van der Waals surface area contributed by atoms with Crippen LogP contribution in [0.1, 0.15) is 52.7 Å². The number of carbonyl (C=O) groups is 1. The summed E-state index contributed by atoms with van der Waals surface area (Å²) in [5.74, 6) is 0.787. The second-order valence-corrected chi connectivity index (χ2v) is 7.94. The number of anilines is 1. The van der Waals surface area contributed by atoms with E-state index >= 15 is 0 Å². The predicted octanol–water partition coefficient (Wildman–Crippen LogP) is 3.59. The molecule has 138 valence electrons. The van der Waals surface area contributed by atoms with E-state index in [0.29, 0.717) is 17.4 Å². The van der Waals surface area contributed by atoms with Crippen LogP contribution in [0.5, 0.6) is 0 Å². The maximum absolute atomic E-state index is 12.6. The van der Waals surface area contributed by atoms with Crippen molar-refractivity contribution in [2.24, 2.45) is 7.05 Å². The van der Waals surface area contributed by atoms with Gasteiger partial charge in [0.1, 0.15) is 17.8 Å². The van der Waals surface area contributed by atoms with Gasteiger partial charge in [0.2, 0.25) is 0 Å². The van der Waals surface area contributed by atoms with Crippen molar-refractivity contribution >= 4 is 23.5 Å². The Morgan fingerprint density at radius 2 is 2.19 bits per heavy atom. The average Bonchev–Trinajstić information content (AvgIpc) is 3.46. The van der Waals surface area contributed by atoms with Crippen LogP contribution in [0.4, 0.5) is 5.82 Å². The summed E-state index contributed by atoms with van der Waals surface area (Å²) in [6.45, 7) is 2.08. The molecule has 3 heterocycles. The van der Waals surface area contributed by atoms with Gasteiger partial charge in [0.25, 0.3) is 5.91 Å². The van der Waals surface area contributed by atoms with E-state index < -0.39 is 0 Å². The van der Waals surface area contributed by atoms with E-state index in [-0.39, 0.29) is 11.2 Å². The normalized spacial score (nSPS) is 14.7. The number of amides is 1. The zero-order valence-electron chi connectivity index (χ0n) is 15.2. The maximum Gasteiger partial charge on any atom is 0.275 e. The zero-order chi connectivity index (χ0) is 18.8. The Labute approximate surface area is 161 Å². The van der Waals surface area contributed by atoms with E-state index in [4.69, 9.17) is 0 Å². The van der Waals surface area contributed by atoms with Gasteiger partial charge in [-0.25, -0.2) is 9.97 Å². The van der Waals surface area contributed by atoms with Gasteiger partial charge < -0.3 is 9.88 Å². The van der Waals surface area contributed by atoms with Crippen LogP contribution >= 0.6 is 11.8 Å². The summed E-state index contributed by atoms with van der Waals surface area (Å²) in [5.41, 5.74) is 2.47. The largest absolute Gasteiger partial charge is 0.312 e. The minimum Gasteiger partial charge on any atom is -0.312 e. The molecule has 1 N–H and O–H groups in total. The molecule has 1 fully saturated rings. The van der Waals surface area contributed by atoms with Crippen molar-refractivity contribution in [3.8, 4) is 0 Å². The molecule has 3 aromatic rings. The summed E-state index contributed by atoms with van der Waals surface area (Å²) >= 11 is 1.60. The number of thioether (sulfide) groups is 1. The first kappa shape index (κ1) is 17.7. The summed E-state index contributed by atoms with van der Waals surface area (Å²) in [5, 5.41) is 11.8. The van der Waals surface area contributed by atoms with Crippen molar-refractivity contribution in [1.29, 1.82) is 0 Å². The lowest BCUT2D eigenvalue weighted by atomic mass is 10.2. The van der Waals surface area contributed by atoms with Gasteiger partial charge in [-0.1, -0.05) is 17.8 Å². The molecule has 1 aliphatic carbocycles. The van der Waals surface area contributed by atoms with Gasteiger partial charge >= 0.3 is 0 Å². The summed E-state index contributed by atoms with van der Waals surface area (Å²) in [7, 11) is 1.91. The first-order valence-corrected chi connectivity index (χ1v) is 9.73. The highest BCUT2D eigenvalue weighted by Crippen LogP contribution is 2.39. The number of aromatic nitrogens is 5. The van der Waals surface area contributed by atoms with Crippen LogP contribution in [0.3, 0.4) is 0 Å². The highest BCUT2D eigenvalue weighted by atomic mass is 32.2. The summed E-state index contributed by atoms with van der Waals surface area (Å²) in [6, 6.07) is 9.43. The molecule has 0 aliphatic heterocycles. The molecule has 0 saturated heterocycles. The fourth-order valence-electron chi connectivity index (χ4n) is 2.74. The van der Waals surface area contributed by atoms with Gasteiger partial charge in [0.05, 0.1) is 0 Å². The Morgan fingerprint density at radius 1 is 1.33 bits per heavy atom. The molecule has 1 amide bonds. The van der Waals surface area contributed by atoms with E-state index in [1.165, 1.54) is 0 Å². The maximum atomic E-state index is 12.6. The summed E-state index contributed by atoms with van der Waals surface area (Å²) in [6.07, 6.45) is 5.69. The van der Waals surface area contributed by atoms with Crippen molar-refractivity contribution in [1.82, 2.24) is 24.7 Å². The van der Waals surface area contributed by atoms with Crippen LogP contribution in [-0.2, 0) is 7.05 Å². The molecule has 8 heteroatoms. The number of carbonyl (C=O) groups excluding carboxylic acids is 1. The van der Waals surface area contributed by atoms with Crippen LogP contribution in [0.2, 0.25) is 0 Å². The highest BCUT2D eigenvalue weighted by molar-refractivity contribution is 7.99. The van der Waals surface area contributed by atoms with Gasteiger partial charge in [-0.3, -0.25) is 4.79 Å². The van der Waals surface area contributed by atoms with Crippen molar-refractivity contribution in [3.63, 3.8) is 0 Å². The lowest BCUT2D eigenvalue weighted by Gasteiger charge is -2.12. The van der Waals surface area contributed by atoms with Crippen molar-refractivity contribution in [2.75, 3.05) is 5.32 Å².